The summed E-state index contributed by atoms with van der Waals surface area (Å²) >= 11 is 0. The van der Waals surface area contributed by atoms with Crippen LogP contribution in [-0.2, 0) is 0 Å². The third-order valence-corrected chi connectivity index (χ3v) is 6.96. The summed E-state index contributed by atoms with van der Waals surface area (Å²) in [7, 11) is 0. The van der Waals surface area contributed by atoms with E-state index >= 15 is 0 Å². The summed E-state index contributed by atoms with van der Waals surface area (Å²) in [6.07, 6.45) is 7.27. The fourth-order valence-corrected chi connectivity index (χ4v) is 5.09. The Morgan fingerprint density at radius 2 is 1.44 bits per heavy atom. The van der Waals surface area contributed by atoms with Gasteiger partial charge in [-0.25, -0.2) is 0 Å². The summed E-state index contributed by atoms with van der Waals surface area (Å²) in [4.78, 5) is 0. The number of H-pyrrole nitrogens is 1. The molecule has 6 rings (SSSR count). The normalized spacial score (nSPS) is 24.9. The first-order valence-corrected chi connectivity index (χ1v) is 11.8. The lowest BCUT2D eigenvalue weighted by Crippen LogP contribution is -2.47. The molecule has 4 heterocycles. The molecule has 3 aromatic rings. The quantitative estimate of drug-likeness (QED) is 0.430. The summed E-state index contributed by atoms with van der Waals surface area (Å²) in [5.41, 5.74) is 8.15. The summed E-state index contributed by atoms with van der Waals surface area (Å²) in [6, 6.07) is 20.6. The van der Waals surface area contributed by atoms with Crippen molar-refractivity contribution in [2.75, 3.05) is 13.1 Å². The van der Waals surface area contributed by atoms with Crippen molar-refractivity contribution in [1.29, 1.82) is 0 Å². The fraction of sp³-hybridized carbons (Fsp3) is 0.346. The minimum absolute atomic E-state index is 0.284. The molecule has 32 heavy (non-hydrogen) atoms. The van der Waals surface area contributed by atoms with Crippen LogP contribution >= 0.6 is 0 Å². The van der Waals surface area contributed by atoms with E-state index in [1.165, 1.54) is 48.1 Å². The molecule has 5 N–H and O–H groups in total. The van der Waals surface area contributed by atoms with Gasteiger partial charge in [-0.15, -0.1) is 0 Å². The number of nitrogens with one attached hydrogen (secondary N) is 5. The van der Waals surface area contributed by atoms with Crippen LogP contribution in [0.1, 0.15) is 43.0 Å². The summed E-state index contributed by atoms with van der Waals surface area (Å²) in [5, 5.41) is 22.0. The van der Waals surface area contributed by atoms with Crippen LogP contribution in [-0.4, -0.2) is 35.5 Å². The maximum atomic E-state index is 4.54. The molecule has 2 saturated heterocycles. The Labute approximate surface area is 188 Å². The molecule has 3 aliphatic rings. The van der Waals surface area contributed by atoms with Crippen LogP contribution in [0.25, 0.3) is 28.1 Å². The first kappa shape index (κ1) is 19.6. The van der Waals surface area contributed by atoms with Crippen molar-refractivity contribution in [3.8, 4) is 22.4 Å². The molecule has 2 aromatic carbocycles. The first-order chi connectivity index (χ1) is 15.8. The fourth-order valence-electron chi connectivity index (χ4n) is 5.09. The van der Waals surface area contributed by atoms with E-state index in [9.17, 15) is 0 Å². The molecular weight excluding hydrogens is 396 g/mol. The lowest BCUT2D eigenvalue weighted by molar-refractivity contribution is 0.429. The average Bonchev–Trinajstić information content (AvgIpc) is 3.66. The molecule has 0 amide bonds. The van der Waals surface area contributed by atoms with Crippen molar-refractivity contribution >= 4 is 5.70 Å². The van der Waals surface area contributed by atoms with Crippen molar-refractivity contribution in [3.63, 3.8) is 0 Å². The second-order valence-electron chi connectivity index (χ2n) is 9.06. The minimum Gasteiger partial charge on any atom is -0.368 e. The van der Waals surface area contributed by atoms with Gasteiger partial charge in [-0.2, -0.15) is 5.10 Å². The molecule has 164 valence electrons. The standard InChI is InChI=1S/C26H30N6/c1-3-21(27-13-1)24-15-23(31-32-24)19-9-5-17(6-10-19)18-7-11-20(12-8-18)25-16-29-26(30-25)22-4-2-14-28-22/h5-12,15-16,21-22,26-30H,1-4,13-14H2,(H,31,32). The second-order valence-corrected chi connectivity index (χ2v) is 9.06. The Morgan fingerprint density at radius 1 is 0.750 bits per heavy atom. The van der Waals surface area contributed by atoms with E-state index in [1.54, 1.807) is 0 Å². The van der Waals surface area contributed by atoms with Crippen LogP contribution < -0.4 is 21.3 Å². The zero-order valence-electron chi connectivity index (χ0n) is 18.2. The van der Waals surface area contributed by atoms with E-state index in [1.807, 2.05) is 0 Å². The molecule has 0 spiro atoms. The van der Waals surface area contributed by atoms with Gasteiger partial charge in [0.1, 0.15) is 6.17 Å². The highest BCUT2D eigenvalue weighted by molar-refractivity contribution is 5.72. The molecule has 2 fully saturated rings. The van der Waals surface area contributed by atoms with Crippen molar-refractivity contribution < 1.29 is 0 Å². The monoisotopic (exact) mass is 426 g/mol. The number of aromatic nitrogens is 2. The van der Waals surface area contributed by atoms with Crippen LogP contribution in [0.4, 0.5) is 0 Å². The van der Waals surface area contributed by atoms with Gasteiger partial charge in [0.25, 0.3) is 0 Å². The number of aromatic amines is 1. The number of hydrogen-bond donors (Lipinski definition) is 5. The van der Waals surface area contributed by atoms with Crippen LogP contribution in [0.15, 0.2) is 60.8 Å². The van der Waals surface area contributed by atoms with Gasteiger partial charge in [-0.1, -0.05) is 48.5 Å². The molecule has 0 saturated carbocycles. The SMILES string of the molecule is C1=C(c2ccc(-c3ccc(-c4cc(C5CCCN5)[nH]n4)cc3)cc2)NC(C2CCCN2)N1. The molecule has 6 heteroatoms. The lowest BCUT2D eigenvalue weighted by atomic mass is 10.0. The lowest BCUT2D eigenvalue weighted by Gasteiger charge is -2.21. The van der Waals surface area contributed by atoms with Crippen molar-refractivity contribution in [2.45, 2.75) is 43.9 Å². The Bertz CT molecular complexity index is 1090. The van der Waals surface area contributed by atoms with E-state index in [0.717, 1.165) is 30.0 Å². The van der Waals surface area contributed by atoms with E-state index in [-0.39, 0.29) is 6.17 Å². The molecule has 3 aliphatic heterocycles. The highest BCUT2D eigenvalue weighted by atomic mass is 15.2. The predicted octanol–water partition coefficient (Wildman–Crippen LogP) is 3.74. The maximum absolute atomic E-state index is 4.54. The van der Waals surface area contributed by atoms with Crippen LogP contribution in [0.2, 0.25) is 0 Å². The zero-order valence-corrected chi connectivity index (χ0v) is 18.2. The van der Waals surface area contributed by atoms with Crippen LogP contribution in [0.5, 0.6) is 0 Å². The Kier molecular flexibility index (Phi) is 5.17. The van der Waals surface area contributed by atoms with E-state index < -0.39 is 0 Å². The minimum atomic E-state index is 0.284. The largest absolute Gasteiger partial charge is 0.368 e. The van der Waals surface area contributed by atoms with Gasteiger partial charge < -0.3 is 21.3 Å². The number of rotatable bonds is 5. The van der Waals surface area contributed by atoms with Crippen molar-refractivity contribution in [1.82, 2.24) is 31.5 Å². The summed E-state index contributed by atoms with van der Waals surface area (Å²) in [6.45, 7) is 2.21. The number of hydrogen-bond acceptors (Lipinski definition) is 5. The average molecular weight is 427 g/mol. The second kappa shape index (κ2) is 8.45. The van der Waals surface area contributed by atoms with Crippen LogP contribution in [0.3, 0.4) is 0 Å². The van der Waals surface area contributed by atoms with Gasteiger partial charge in [0, 0.05) is 23.8 Å². The van der Waals surface area contributed by atoms with E-state index in [4.69, 9.17) is 0 Å². The summed E-state index contributed by atoms with van der Waals surface area (Å²) in [5.74, 6) is 0. The van der Waals surface area contributed by atoms with E-state index in [2.05, 4.69) is 92.3 Å². The number of nitrogens with zero attached hydrogens (tertiary/aromatic N) is 1. The third-order valence-electron chi connectivity index (χ3n) is 6.96. The predicted molar refractivity (Wildman–Crippen MR) is 128 cm³/mol. The molecule has 3 atom stereocenters. The Hall–Kier alpha value is -3.09. The Balaban J connectivity index is 1.13. The Morgan fingerprint density at radius 3 is 2.12 bits per heavy atom. The smallest absolute Gasteiger partial charge is 0.112 e. The van der Waals surface area contributed by atoms with Gasteiger partial charge in [0.15, 0.2) is 0 Å². The topological polar surface area (TPSA) is 76.8 Å². The molecular formula is C26H30N6. The third kappa shape index (κ3) is 3.80. The molecule has 3 unspecified atom stereocenters. The van der Waals surface area contributed by atoms with Crippen molar-refractivity contribution in [2.24, 2.45) is 0 Å². The van der Waals surface area contributed by atoms with Crippen LogP contribution in [0, 0.1) is 0 Å². The molecule has 0 aliphatic carbocycles. The van der Waals surface area contributed by atoms with Gasteiger partial charge in [0.2, 0.25) is 0 Å². The molecule has 1 aromatic heterocycles. The molecule has 0 bridgehead atoms. The first-order valence-electron chi connectivity index (χ1n) is 11.8. The highest BCUT2D eigenvalue weighted by Gasteiger charge is 2.27. The summed E-state index contributed by atoms with van der Waals surface area (Å²) < 4.78 is 0. The zero-order chi connectivity index (χ0) is 21.3. The van der Waals surface area contributed by atoms with Gasteiger partial charge in [-0.3, -0.25) is 5.10 Å². The maximum Gasteiger partial charge on any atom is 0.112 e. The van der Waals surface area contributed by atoms with Gasteiger partial charge in [0.05, 0.1) is 17.1 Å². The van der Waals surface area contributed by atoms with E-state index in [0.29, 0.717) is 12.1 Å². The molecule has 6 nitrogen and oxygen atoms in total. The number of benzene rings is 2. The molecule has 0 radical (unpaired) electrons. The van der Waals surface area contributed by atoms with Gasteiger partial charge in [-0.05, 0) is 61.5 Å². The highest BCUT2D eigenvalue weighted by Crippen LogP contribution is 2.28. The van der Waals surface area contributed by atoms with Crippen molar-refractivity contribution in [3.05, 3.63) is 72.1 Å². The van der Waals surface area contributed by atoms with Gasteiger partial charge >= 0.3 is 0 Å².